The number of benzene rings is 2. The predicted molar refractivity (Wildman–Crippen MR) is 99.8 cm³/mol. The minimum atomic E-state index is -1.01. The van der Waals surface area contributed by atoms with Crippen molar-refractivity contribution in [2.24, 2.45) is 0 Å². The van der Waals surface area contributed by atoms with Gasteiger partial charge in [0.15, 0.2) is 17.4 Å². The normalized spacial score (nSPS) is 13.9. The predicted octanol–water partition coefficient (Wildman–Crippen LogP) is 5.31. The maximum Gasteiger partial charge on any atom is 0.303 e. The van der Waals surface area contributed by atoms with E-state index in [4.69, 9.17) is 9.84 Å². The van der Waals surface area contributed by atoms with Crippen LogP contribution in [-0.4, -0.2) is 17.7 Å². The Balaban J connectivity index is 1.74. The Morgan fingerprint density at radius 1 is 1.11 bits per heavy atom. The Bertz CT molecular complexity index is 847. The van der Waals surface area contributed by atoms with Crippen molar-refractivity contribution in [3.8, 4) is 5.75 Å². The number of carbonyl (C=O) groups is 1. The van der Waals surface area contributed by atoms with Crippen LogP contribution in [0.1, 0.15) is 42.4 Å². The third-order valence-electron chi connectivity index (χ3n) is 4.81. The van der Waals surface area contributed by atoms with E-state index in [1.54, 1.807) is 0 Å². The summed E-state index contributed by atoms with van der Waals surface area (Å²) in [7, 11) is 0. The molecule has 1 N–H and O–H groups in total. The third-order valence-corrected chi connectivity index (χ3v) is 4.81. The van der Waals surface area contributed by atoms with Crippen LogP contribution >= 0.6 is 0 Å². The molecule has 0 bridgehead atoms. The van der Waals surface area contributed by atoms with Gasteiger partial charge in [-0.1, -0.05) is 29.8 Å². The van der Waals surface area contributed by atoms with Crippen LogP contribution in [0.3, 0.4) is 0 Å². The van der Waals surface area contributed by atoms with E-state index in [0.717, 1.165) is 42.5 Å². The van der Waals surface area contributed by atoms with Crippen LogP contribution in [0.4, 0.5) is 8.78 Å². The molecule has 0 unspecified atom stereocenters. The molecule has 142 valence electrons. The summed E-state index contributed by atoms with van der Waals surface area (Å²) in [6.45, 7) is 2.17. The first-order chi connectivity index (χ1) is 12.9. The lowest BCUT2D eigenvalue weighted by atomic mass is 10.0. The highest BCUT2D eigenvalue weighted by Gasteiger charge is 2.19. The van der Waals surface area contributed by atoms with E-state index in [1.807, 2.05) is 19.1 Å². The Morgan fingerprint density at radius 2 is 1.78 bits per heavy atom. The van der Waals surface area contributed by atoms with Gasteiger partial charge in [-0.2, -0.15) is 0 Å². The number of carboxylic acid groups (broad SMARTS) is 1. The summed E-state index contributed by atoms with van der Waals surface area (Å²) in [6, 6.07) is 10.5. The van der Waals surface area contributed by atoms with Gasteiger partial charge in [0, 0.05) is 6.42 Å². The summed E-state index contributed by atoms with van der Waals surface area (Å²) in [5, 5.41) is 8.69. The fourth-order valence-corrected chi connectivity index (χ4v) is 3.37. The maximum atomic E-state index is 14.2. The van der Waals surface area contributed by atoms with Crippen molar-refractivity contribution >= 4 is 11.5 Å². The quantitative estimate of drug-likeness (QED) is 0.717. The monoisotopic (exact) mass is 372 g/mol. The van der Waals surface area contributed by atoms with Crippen LogP contribution in [0, 0.1) is 18.6 Å². The molecule has 0 aliphatic heterocycles. The molecule has 0 amide bonds. The molecular formula is C22H22F2O3. The van der Waals surface area contributed by atoms with Gasteiger partial charge in [-0.05, 0) is 67.0 Å². The first-order valence-corrected chi connectivity index (χ1v) is 9.04. The van der Waals surface area contributed by atoms with Gasteiger partial charge in [-0.3, -0.25) is 4.79 Å². The average molecular weight is 372 g/mol. The molecule has 2 aromatic rings. The van der Waals surface area contributed by atoms with Crippen molar-refractivity contribution in [3.63, 3.8) is 0 Å². The Morgan fingerprint density at radius 3 is 2.41 bits per heavy atom. The number of hydrogen-bond donors (Lipinski definition) is 1. The molecule has 2 aromatic carbocycles. The molecule has 0 saturated heterocycles. The molecule has 5 heteroatoms. The molecule has 0 saturated carbocycles. The fourth-order valence-electron chi connectivity index (χ4n) is 3.37. The van der Waals surface area contributed by atoms with E-state index in [0.29, 0.717) is 5.56 Å². The Labute approximate surface area is 157 Å². The topological polar surface area (TPSA) is 46.5 Å². The number of allylic oxidation sites excluding steroid dienone is 1. The van der Waals surface area contributed by atoms with Gasteiger partial charge < -0.3 is 9.84 Å². The van der Waals surface area contributed by atoms with Gasteiger partial charge in [0.2, 0.25) is 0 Å². The van der Waals surface area contributed by atoms with Gasteiger partial charge in [-0.25, -0.2) is 8.78 Å². The van der Waals surface area contributed by atoms with E-state index in [1.165, 1.54) is 11.1 Å². The summed E-state index contributed by atoms with van der Waals surface area (Å²) in [5.74, 6) is -3.01. The molecule has 1 aliphatic rings. The highest BCUT2D eigenvalue weighted by atomic mass is 19.1. The molecule has 0 atom stereocenters. The highest BCUT2D eigenvalue weighted by molar-refractivity contribution is 5.71. The largest absolute Gasteiger partial charge is 0.483 e. The second-order valence-electron chi connectivity index (χ2n) is 6.87. The van der Waals surface area contributed by atoms with E-state index in [-0.39, 0.29) is 19.4 Å². The van der Waals surface area contributed by atoms with E-state index < -0.39 is 23.4 Å². The van der Waals surface area contributed by atoms with Crippen LogP contribution in [-0.2, 0) is 11.2 Å². The van der Waals surface area contributed by atoms with Gasteiger partial charge in [0.25, 0.3) is 0 Å². The molecule has 27 heavy (non-hydrogen) atoms. The number of halogens is 2. The first-order valence-electron chi connectivity index (χ1n) is 9.04. The average Bonchev–Trinajstić information content (AvgIpc) is 3.08. The zero-order valence-corrected chi connectivity index (χ0v) is 15.2. The fraction of sp³-hybridized carbons (Fsp3) is 0.318. The van der Waals surface area contributed by atoms with Crippen molar-refractivity contribution in [1.82, 2.24) is 0 Å². The van der Waals surface area contributed by atoms with Crippen molar-refractivity contribution < 1.29 is 23.4 Å². The maximum absolute atomic E-state index is 14.2. The zero-order chi connectivity index (χ0) is 19.4. The van der Waals surface area contributed by atoms with Crippen molar-refractivity contribution in [2.45, 2.75) is 39.0 Å². The summed E-state index contributed by atoms with van der Waals surface area (Å²) in [6.07, 6.45) is 2.68. The van der Waals surface area contributed by atoms with Crippen LogP contribution in [0.2, 0.25) is 0 Å². The van der Waals surface area contributed by atoms with Crippen molar-refractivity contribution in [2.75, 3.05) is 6.61 Å². The van der Waals surface area contributed by atoms with E-state index in [9.17, 15) is 13.6 Å². The lowest BCUT2D eigenvalue weighted by molar-refractivity contribution is -0.136. The molecule has 0 heterocycles. The van der Waals surface area contributed by atoms with Crippen LogP contribution < -0.4 is 4.74 Å². The Kier molecular flexibility index (Phi) is 5.89. The van der Waals surface area contributed by atoms with Crippen molar-refractivity contribution in [1.29, 1.82) is 0 Å². The van der Waals surface area contributed by atoms with Crippen molar-refractivity contribution in [3.05, 3.63) is 70.3 Å². The van der Waals surface area contributed by atoms with Gasteiger partial charge >= 0.3 is 5.97 Å². The second kappa shape index (κ2) is 8.33. The van der Waals surface area contributed by atoms with Crippen LogP contribution in [0.5, 0.6) is 5.75 Å². The summed E-state index contributed by atoms with van der Waals surface area (Å²) in [5.41, 5.74) is 4.87. The SMILES string of the molecule is Cc1ccc(C2=C(COc3c(F)cc(CCC(=O)O)cc3F)CCC2)cc1. The zero-order valence-electron chi connectivity index (χ0n) is 15.2. The van der Waals surface area contributed by atoms with Crippen LogP contribution in [0.25, 0.3) is 5.57 Å². The lowest BCUT2D eigenvalue weighted by Crippen LogP contribution is -2.06. The number of aryl methyl sites for hydroxylation is 2. The molecule has 0 aromatic heterocycles. The molecule has 1 aliphatic carbocycles. The number of hydrogen-bond acceptors (Lipinski definition) is 2. The Hall–Kier alpha value is -2.69. The minimum absolute atomic E-state index is 0.0756. The molecule has 3 nitrogen and oxygen atoms in total. The molecule has 0 fully saturated rings. The van der Waals surface area contributed by atoms with Gasteiger partial charge in [-0.15, -0.1) is 0 Å². The number of rotatable bonds is 7. The number of ether oxygens (including phenoxy) is 1. The van der Waals surface area contributed by atoms with Crippen LogP contribution in [0.15, 0.2) is 42.0 Å². The summed E-state index contributed by atoms with van der Waals surface area (Å²) < 4.78 is 34.0. The molecule has 3 rings (SSSR count). The highest BCUT2D eigenvalue weighted by Crippen LogP contribution is 2.35. The molecular weight excluding hydrogens is 350 g/mol. The first kappa shape index (κ1) is 19.1. The standard InChI is InChI=1S/C22H22F2O3/c1-14-5-8-16(9-6-14)18-4-2-3-17(18)13-27-22-19(23)11-15(12-20(22)24)7-10-21(25)26/h5-6,8-9,11-12H,2-4,7,10,13H2,1H3,(H,25,26). The summed E-state index contributed by atoms with van der Waals surface area (Å²) >= 11 is 0. The lowest BCUT2D eigenvalue weighted by Gasteiger charge is -2.13. The minimum Gasteiger partial charge on any atom is -0.483 e. The summed E-state index contributed by atoms with van der Waals surface area (Å²) in [4.78, 5) is 10.6. The molecule has 0 spiro atoms. The number of aliphatic carboxylic acids is 1. The second-order valence-corrected chi connectivity index (χ2v) is 6.87. The third kappa shape index (κ3) is 4.73. The van der Waals surface area contributed by atoms with Gasteiger partial charge in [0.1, 0.15) is 6.61 Å². The van der Waals surface area contributed by atoms with E-state index in [2.05, 4.69) is 12.1 Å². The van der Waals surface area contributed by atoms with Gasteiger partial charge in [0.05, 0.1) is 0 Å². The van der Waals surface area contributed by atoms with E-state index >= 15 is 0 Å². The smallest absolute Gasteiger partial charge is 0.303 e. The number of carboxylic acids is 1. The molecule has 0 radical (unpaired) electrons.